The number of aryl methyl sites for hydroxylation is 1. The van der Waals surface area contributed by atoms with Gasteiger partial charge in [-0.25, -0.2) is 13.1 Å². The number of rotatable bonds is 5. The van der Waals surface area contributed by atoms with Gasteiger partial charge in [0.15, 0.2) is 0 Å². The van der Waals surface area contributed by atoms with Crippen molar-refractivity contribution in [3.63, 3.8) is 0 Å². The van der Waals surface area contributed by atoms with E-state index in [4.69, 9.17) is 4.74 Å². The number of hydrogen-bond donors (Lipinski definition) is 2. The van der Waals surface area contributed by atoms with Gasteiger partial charge in [0.05, 0.1) is 12.0 Å². The summed E-state index contributed by atoms with van der Waals surface area (Å²) in [6, 6.07) is 10.9. The number of benzene rings is 2. The maximum atomic E-state index is 12.4. The van der Waals surface area contributed by atoms with Crippen LogP contribution in [0.25, 0.3) is 0 Å². The maximum absolute atomic E-state index is 12.4. The molecule has 0 fully saturated rings. The Balaban J connectivity index is 1.75. The summed E-state index contributed by atoms with van der Waals surface area (Å²) in [4.78, 5) is 0.249. The minimum absolute atomic E-state index is 0.249. The van der Waals surface area contributed by atoms with E-state index in [9.17, 15) is 8.42 Å². The number of methoxy groups -OCH3 is 1. The summed E-state index contributed by atoms with van der Waals surface area (Å²) in [5, 5.41) is 3.28. The molecule has 122 valence electrons. The van der Waals surface area contributed by atoms with Crippen LogP contribution in [0.4, 0.5) is 0 Å². The molecule has 0 radical (unpaired) electrons. The Kier molecular flexibility index (Phi) is 4.39. The normalized spacial score (nSPS) is 13.8. The summed E-state index contributed by atoms with van der Waals surface area (Å²) in [6.07, 6.45) is 0. The van der Waals surface area contributed by atoms with Crippen molar-refractivity contribution >= 4 is 10.0 Å². The molecule has 3 rings (SSSR count). The predicted molar refractivity (Wildman–Crippen MR) is 88.7 cm³/mol. The minimum Gasteiger partial charge on any atom is -0.496 e. The molecule has 2 aromatic rings. The molecule has 5 nitrogen and oxygen atoms in total. The van der Waals surface area contributed by atoms with Crippen LogP contribution in [0.15, 0.2) is 41.3 Å². The Labute approximate surface area is 136 Å². The number of fused-ring (bicyclic) bond motifs is 1. The van der Waals surface area contributed by atoms with E-state index in [1.54, 1.807) is 25.3 Å². The number of nitrogens with one attached hydrogen (secondary N) is 2. The number of sulfonamides is 1. The molecule has 0 aromatic heterocycles. The zero-order valence-electron chi connectivity index (χ0n) is 13.2. The molecule has 0 atom stereocenters. The highest BCUT2D eigenvalue weighted by atomic mass is 32.2. The van der Waals surface area contributed by atoms with Gasteiger partial charge in [0.25, 0.3) is 0 Å². The standard InChI is InChI=1S/C17H20N2O3S/c1-12-7-16(5-6-17(12)22-2)23(20,21)19-9-13-3-4-14-10-18-11-15(14)8-13/h3-8,18-19H,9-11H2,1-2H3. The second-order valence-electron chi connectivity index (χ2n) is 5.66. The van der Waals surface area contributed by atoms with Crippen molar-refractivity contribution in [2.24, 2.45) is 0 Å². The SMILES string of the molecule is COc1ccc(S(=O)(=O)NCc2ccc3c(c2)CNC3)cc1C. The average Bonchev–Trinajstić information content (AvgIpc) is 3.00. The lowest BCUT2D eigenvalue weighted by molar-refractivity contribution is 0.411. The summed E-state index contributed by atoms with van der Waals surface area (Å²) >= 11 is 0. The molecule has 2 aromatic carbocycles. The lowest BCUT2D eigenvalue weighted by Gasteiger charge is -2.10. The number of ether oxygens (including phenoxy) is 1. The first-order valence-electron chi connectivity index (χ1n) is 7.45. The summed E-state index contributed by atoms with van der Waals surface area (Å²) in [6.45, 7) is 3.83. The van der Waals surface area contributed by atoms with Gasteiger partial charge in [-0.1, -0.05) is 18.2 Å². The molecule has 0 saturated carbocycles. The maximum Gasteiger partial charge on any atom is 0.240 e. The van der Waals surface area contributed by atoms with E-state index in [0.717, 1.165) is 24.2 Å². The van der Waals surface area contributed by atoms with Crippen molar-refractivity contribution in [3.05, 3.63) is 58.7 Å². The van der Waals surface area contributed by atoms with E-state index in [1.165, 1.54) is 11.1 Å². The molecule has 2 N–H and O–H groups in total. The van der Waals surface area contributed by atoms with E-state index in [-0.39, 0.29) is 11.4 Å². The molecule has 0 saturated heterocycles. The van der Waals surface area contributed by atoms with Crippen molar-refractivity contribution in [1.82, 2.24) is 10.0 Å². The van der Waals surface area contributed by atoms with Crippen molar-refractivity contribution < 1.29 is 13.2 Å². The third-order valence-electron chi connectivity index (χ3n) is 4.04. The largest absolute Gasteiger partial charge is 0.496 e. The summed E-state index contributed by atoms with van der Waals surface area (Å²) in [5.41, 5.74) is 4.27. The van der Waals surface area contributed by atoms with E-state index >= 15 is 0 Å². The fourth-order valence-corrected chi connectivity index (χ4v) is 3.84. The van der Waals surface area contributed by atoms with Crippen LogP contribution in [0.5, 0.6) is 5.75 Å². The quantitative estimate of drug-likeness (QED) is 0.880. The van der Waals surface area contributed by atoms with Crippen LogP contribution in [0.2, 0.25) is 0 Å². The Morgan fingerprint density at radius 2 is 1.91 bits per heavy atom. The van der Waals surface area contributed by atoms with Crippen LogP contribution < -0.4 is 14.8 Å². The van der Waals surface area contributed by atoms with E-state index in [2.05, 4.69) is 22.2 Å². The van der Waals surface area contributed by atoms with Gasteiger partial charge in [-0.3, -0.25) is 0 Å². The molecule has 1 aliphatic rings. The fourth-order valence-electron chi connectivity index (χ4n) is 2.74. The average molecular weight is 332 g/mol. The number of hydrogen-bond acceptors (Lipinski definition) is 4. The molecule has 0 spiro atoms. The first kappa shape index (κ1) is 16.0. The highest BCUT2D eigenvalue weighted by Crippen LogP contribution is 2.22. The topological polar surface area (TPSA) is 67.4 Å². The Morgan fingerprint density at radius 3 is 2.65 bits per heavy atom. The summed E-state index contributed by atoms with van der Waals surface area (Å²) in [7, 11) is -1.97. The predicted octanol–water partition coefficient (Wildman–Crippen LogP) is 2.09. The van der Waals surface area contributed by atoms with E-state index < -0.39 is 10.0 Å². The monoisotopic (exact) mass is 332 g/mol. The van der Waals surface area contributed by atoms with Crippen molar-refractivity contribution in [1.29, 1.82) is 0 Å². The van der Waals surface area contributed by atoms with Gasteiger partial charge in [-0.05, 0) is 47.4 Å². The smallest absolute Gasteiger partial charge is 0.240 e. The van der Waals surface area contributed by atoms with Gasteiger partial charge >= 0.3 is 0 Å². The third kappa shape index (κ3) is 3.39. The Hall–Kier alpha value is -1.89. The van der Waals surface area contributed by atoms with Crippen LogP contribution in [0.3, 0.4) is 0 Å². The van der Waals surface area contributed by atoms with E-state index in [1.807, 2.05) is 13.0 Å². The van der Waals surface area contributed by atoms with Gasteiger partial charge < -0.3 is 10.1 Å². The van der Waals surface area contributed by atoms with Gasteiger partial charge in [0, 0.05) is 19.6 Å². The highest BCUT2D eigenvalue weighted by Gasteiger charge is 2.16. The van der Waals surface area contributed by atoms with Gasteiger partial charge in [0.1, 0.15) is 5.75 Å². The minimum atomic E-state index is -3.54. The summed E-state index contributed by atoms with van der Waals surface area (Å²) in [5.74, 6) is 0.676. The van der Waals surface area contributed by atoms with Crippen LogP contribution in [-0.4, -0.2) is 15.5 Å². The first-order valence-corrected chi connectivity index (χ1v) is 8.93. The highest BCUT2D eigenvalue weighted by molar-refractivity contribution is 7.89. The van der Waals surface area contributed by atoms with Crippen molar-refractivity contribution in [2.75, 3.05) is 7.11 Å². The third-order valence-corrected chi connectivity index (χ3v) is 5.44. The molecule has 0 aliphatic carbocycles. The molecular formula is C17H20N2O3S. The fraction of sp³-hybridized carbons (Fsp3) is 0.294. The van der Waals surface area contributed by atoms with Crippen molar-refractivity contribution in [2.45, 2.75) is 31.5 Å². The zero-order chi connectivity index (χ0) is 16.4. The van der Waals surface area contributed by atoms with Crippen molar-refractivity contribution in [3.8, 4) is 5.75 Å². The van der Waals surface area contributed by atoms with Crippen LogP contribution >= 0.6 is 0 Å². The molecule has 0 bridgehead atoms. The molecule has 0 unspecified atom stereocenters. The lowest BCUT2D eigenvalue weighted by Crippen LogP contribution is -2.23. The lowest BCUT2D eigenvalue weighted by atomic mass is 10.1. The van der Waals surface area contributed by atoms with Gasteiger partial charge in [0.2, 0.25) is 10.0 Å². The van der Waals surface area contributed by atoms with Crippen LogP contribution in [0.1, 0.15) is 22.3 Å². The second kappa shape index (κ2) is 6.31. The molecule has 6 heteroatoms. The van der Waals surface area contributed by atoms with Crippen LogP contribution in [-0.2, 0) is 29.7 Å². The molecule has 1 heterocycles. The Bertz CT molecular complexity index is 832. The zero-order valence-corrected chi connectivity index (χ0v) is 14.0. The second-order valence-corrected chi connectivity index (χ2v) is 7.43. The molecule has 0 amide bonds. The molecule has 23 heavy (non-hydrogen) atoms. The van der Waals surface area contributed by atoms with Gasteiger partial charge in [-0.15, -0.1) is 0 Å². The summed E-state index contributed by atoms with van der Waals surface area (Å²) < 4.78 is 32.7. The van der Waals surface area contributed by atoms with E-state index in [0.29, 0.717) is 5.75 Å². The molecule has 1 aliphatic heterocycles. The Morgan fingerprint density at radius 1 is 1.13 bits per heavy atom. The molecular weight excluding hydrogens is 312 g/mol. The first-order chi connectivity index (χ1) is 11.0. The van der Waals surface area contributed by atoms with Gasteiger partial charge in [-0.2, -0.15) is 0 Å². The van der Waals surface area contributed by atoms with Crippen LogP contribution in [0, 0.1) is 6.92 Å².